The number of hydrogen-bond acceptors (Lipinski definition) is 4. The zero-order chi connectivity index (χ0) is 17.0. The van der Waals surface area contributed by atoms with Crippen molar-refractivity contribution in [2.45, 2.75) is 19.4 Å². The van der Waals surface area contributed by atoms with Gasteiger partial charge in [-0.05, 0) is 24.6 Å². The van der Waals surface area contributed by atoms with Crippen LogP contribution in [0.1, 0.15) is 24.9 Å². The summed E-state index contributed by atoms with van der Waals surface area (Å²) in [5.74, 6) is 0.196. The molecule has 0 spiro atoms. The zero-order valence-corrected chi connectivity index (χ0v) is 13.9. The number of likely N-dealkylation sites (N-methyl/N-ethyl adjacent to an activating group) is 1. The van der Waals surface area contributed by atoms with Crippen LogP contribution in [0.2, 0.25) is 0 Å². The first-order valence-corrected chi connectivity index (χ1v) is 7.82. The zero-order valence-electron chi connectivity index (χ0n) is 13.9. The van der Waals surface area contributed by atoms with E-state index in [-0.39, 0.29) is 37.4 Å². The molecule has 1 aromatic rings. The van der Waals surface area contributed by atoms with Gasteiger partial charge in [0.05, 0.1) is 25.7 Å². The largest absolute Gasteiger partial charge is 0.497 e. The lowest BCUT2D eigenvalue weighted by Gasteiger charge is -2.29. The highest BCUT2D eigenvalue weighted by Crippen LogP contribution is 2.39. The molecule has 6 heteroatoms. The second-order valence-corrected chi connectivity index (χ2v) is 5.69. The van der Waals surface area contributed by atoms with Crippen LogP contribution in [0.4, 0.5) is 0 Å². The van der Waals surface area contributed by atoms with E-state index in [1.54, 1.807) is 19.1 Å². The number of carbonyl (C=O) groups is 2. The molecule has 6 nitrogen and oxygen atoms in total. The summed E-state index contributed by atoms with van der Waals surface area (Å²) in [4.78, 5) is 28.2. The normalized spacial score (nSPS) is 20.7. The molecule has 2 atom stereocenters. The third-order valence-electron chi connectivity index (χ3n) is 4.36. The second kappa shape index (κ2) is 7.46. The molecule has 126 valence electrons. The van der Waals surface area contributed by atoms with Gasteiger partial charge in [0.2, 0.25) is 11.8 Å². The molecule has 0 unspecified atom stereocenters. The summed E-state index contributed by atoms with van der Waals surface area (Å²) in [6.45, 7) is 2.65. The Morgan fingerprint density at radius 3 is 2.57 bits per heavy atom. The molecule has 1 aliphatic heterocycles. The van der Waals surface area contributed by atoms with Crippen LogP contribution < -0.4 is 4.74 Å². The number of aliphatic hydroxyl groups excluding tert-OH is 1. The van der Waals surface area contributed by atoms with Crippen LogP contribution in [0.15, 0.2) is 24.3 Å². The summed E-state index contributed by atoms with van der Waals surface area (Å²) in [5, 5.41) is 9.03. The number of nitrogens with zero attached hydrogens (tertiary/aromatic N) is 2. The summed E-state index contributed by atoms with van der Waals surface area (Å²) >= 11 is 0. The summed E-state index contributed by atoms with van der Waals surface area (Å²) in [7, 11) is 3.26. The topological polar surface area (TPSA) is 70.1 Å². The number of rotatable bonds is 6. The lowest BCUT2D eigenvalue weighted by Crippen LogP contribution is -2.38. The fraction of sp³-hybridized carbons (Fsp3) is 0.529. The first-order valence-electron chi connectivity index (χ1n) is 7.82. The number of hydrogen-bond donors (Lipinski definition) is 1. The van der Waals surface area contributed by atoms with Gasteiger partial charge in [-0.2, -0.15) is 0 Å². The Morgan fingerprint density at radius 1 is 1.39 bits per heavy atom. The van der Waals surface area contributed by atoms with E-state index < -0.39 is 5.92 Å². The van der Waals surface area contributed by atoms with Crippen molar-refractivity contribution in [1.82, 2.24) is 9.80 Å². The van der Waals surface area contributed by atoms with Gasteiger partial charge < -0.3 is 19.6 Å². The van der Waals surface area contributed by atoms with Crippen LogP contribution in [0.25, 0.3) is 0 Å². The molecule has 2 amide bonds. The molecular weight excluding hydrogens is 296 g/mol. The number of benzene rings is 1. The average Bonchev–Trinajstić information content (AvgIpc) is 2.90. The first-order chi connectivity index (χ1) is 11.0. The third kappa shape index (κ3) is 3.47. The van der Waals surface area contributed by atoms with Gasteiger partial charge in [-0.25, -0.2) is 0 Å². The molecular formula is C17H24N2O4. The van der Waals surface area contributed by atoms with Crippen LogP contribution >= 0.6 is 0 Å². The predicted octanol–water partition coefficient (Wildman–Crippen LogP) is 1.06. The molecule has 0 aromatic heterocycles. The summed E-state index contributed by atoms with van der Waals surface area (Å²) in [6.07, 6.45) is 0.207. The van der Waals surface area contributed by atoms with Crippen molar-refractivity contribution in [2.75, 3.05) is 33.9 Å². The van der Waals surface area contributed by atoms with Gasteiger partial charge in [0.1, 0.15) is 5.75 Å². The Kier molecular flexibility index (Phi) is 5.60. The van der Waals surface area contributed by atoms with E-state index >= 15 is 0 Å². The van der Waals surface area contributed by atoms with Crippen LogP contribution in [0, 0.1) is 5.92 Å². The molecule has 1 fully saturated rings. The van der Waals surface area contributed by atoms with Gasteiger partial charge in [-0.3, -0.25) is 9.59 Å². The molecule has 1 N–H and O–H groups in total. The average molecular weight is 320 g/mol. The van der Waals surface area contributed by atoms with Gasteiger partial charge in [0.15, 0.2) is 0 Å². The molecule has 23 heavy (non-hydrogen) atoms. The molecule has 0 saturated carbocycles. The summed E-state index contributed by atoms with van der Waals surface area (Å²) in [6, 6.07) is 7.20. The number of carbonyl (C=O) groups excluding carboxylic acids is 2. The van der Waals surface area contributed by atoms with Crippen molar-refractivity contribution >= 4 is 11.8 Å². The summed E-state index contributed by atoms with van der Waals surface area (Å²) < 4.78 is 5.17. The van der Waals surface area contributed by atoms with Crippen molar-refractivity contribution in [2.24, 2.45) is 5.92 Å². The maximum absolute atomic E-state index is 12.7. The predicted molar refractivity (Wildman–Crippen MR) is 86.0 cm³/mol. The lowest BCUT2D eigenvalue weighted by atomic mass is 9.92. The monoisotopic (exact) mass is 320 g/mol. The first kappa shape index (κ1) is 17.3. The highest BCUT2D eigenvalue weighted by Gasteiger charge is 2.44. The Labute approximate surface area is 136 Å². The Bertz CT molecular complexity index is 558. The van der Waals surface area contributed by atoms with Gasteiger partial charge in [-0.1, -0.05) is 12.1 Å². The van der Waals surface area contributed by atoms with Crippen molar-refractivity contribution < 1.29 is 19.4 Å². The molecule has 2 rings (SSSR count). The highest BCUT2D eigenvalue weighted by molar-refractivity contribution is 5.90. The highest BCUT2D eigenvalue weighted by atomic mass is 16.5. The molecule has 1 aliphatic rings. The smallest absolute Gasteiger partial charge is 0.228 e. The van der Waals surface area contributed by atoms with Crippen molar-refractivity contribution in [3.63, 3.8) is 0 Å². The molecule has 1 aromatic carbocycles. The maximum Gasteiger partial charge on any atom is 0.228 e. The third-order valence-corrected chi connectivity index (χ3v) is 4.36. The van der Waals surface area contributed by atoms with E-state index in [0.717, 1.165) is 11.3 Å². The standard InChI is InChI=1S/C17H24N2O4/c1-4-19-15(21)11-14(17(22)18(2)9-10-20)16(19)12-5-7-13(23-3)8-6-12/h5-8,14,16,20H,4,9-11H2,1-3H3/t14-,16+/m1/s1. The van der Waals surface area contributed by atoms with Crippen molar-refractivity contribution in [1.29, 1.82) is 0 Å². The van der Waals surface area contributed by atoms with Crippen LogP contribution in [-0.2, 0) is 9.59 Å². The maximum atomic E-state index is 12.7. The number of methoxy groups -OCH3 is 1. The van der Waals surface area contributed by atoms with E-state index in [1.807, 2.05) is 31.2 Å². The molecule has 1 saturated heterocycles. The number of aliphatic hydroxyl groups is 1. The van der Waals surface area contributed by atoms with E-state index in [2.05, 4.69) is 0 Å². The van der Waals surface area contributed by atoms with E-state index in [0.29, 0.717) is 6.54 Å². The Morgan fingerprint density at radius 2 is 2.04 bits per heavy atom. The summed E-state index contributed by atoms with van der Waals surface area (Å²) in [5.41, 5.74) is 0.925. The number of ether oxygens (including phenoxy) is 1. The van der Waals surface area contributed by atoms with E-state index in [4.69, 9.17) is 9.84 Å². The fourth-order valence-electron chi connectivity index (χ4n) is 3.14. The molecule has 0 bridgehead atoms. The van der Waals surface area contributed by atoms with E-state index in [9.17, 15) is 9.59 Å². The quantitative estimate of drug-likeness (QED) is 0.851. The van der Waals surface area contributed by atoms with Gasteiger partial charge in [0, 0.05) is 26.6 Å². The number of amides is 2. The van der Waals surface area contributed by atoms with Gasteiger partial charge in [-0.15, -0.1) is 0 Å². The number of likely N-dealkylation sites (tertiary alicyclic amines) is 1. The van der Waals surface area contributed by atoms with Crippen LogP contribution in [0.5, 0.6) is 5.75 Å². The van der Waals surface area contributed by atoms with Gasteiger partial charge in [0.25, 0.3) is 0 Å². The Hall–Kier alpha value is -2.08. The minimum atomic E-state index is -0.424. The fourth-order valence-corrected chi connectivity index (χ4v) is 3.14. The minimum Gasteiger partial charge on any atom is -0.497 e. The van der Waals surface area contributed by atoms with Crippen molar-refractivity contribution in [3.8, 4) is 5.75 Å². The van der Waals surface area contributed by atoms with Crippen molar-refractivity contribution in [3.05, 3.63) is 29.8 Å². The Balaban J connectivity index is 2.32. The van der Waals surface area contributed by atoms with Crippen LogP contribution in [0.3, 0.4) is 0 Å². The van der Waals surface area contributed by atoms with Crippen LogP contribution in [-0.4, -0.2) is 60.6 Å². The van der Waals surface area contributed by atoms with Gasteiger partial charge >= 0.3 is 0 Å². The second-order valence-electron chi connectivity index (χ2n) is 5.69. The molecule has 0 radical (unpaired) electrons. The molecule has 0 aliphatic carbocycles. The van der Waals surface area contributed by atoms with E-state index in [1.165, 1.54) is 4.90 Å². The lowest BCUT2D eigenvalue weighted by molar-refractivity contribution is -0.135. The minimum absolute atomic E-state index is 0.0101. The molecule has 1 heterocycles. The SMILES string of the molecule is CCN1C(=O)C[C@@H](C(=O)N(C)CCO)[C@@H]1c1ccc(OC)cc1.